The molecule has 2 nitrogen and oxygen atoms in total. The van der Waals surface area contributed by atoms with E-state index in [1.807, 2.05) is 24.3 Å². The van der Waals surface area contributed by atoms with Gasteiger partial charge in [0.1, 0.15) is 10.9 Å². The number of aromatic nitrogens is 1. The molecule has 0 fully saturated rings. The van der Waals surface area contributed by atoms with E-state index in [-0.39, 0.29) is 5.75 Å². The Hall–Kier alpha value is -1.19. The summed E-state index contributed by atoms with van der Waals surface area (Å²) >= 11 is 7.57. The SMILES string of the molecule is Oc1cccc(SCc2cccnc2Cl)c1. The van der Waals surface area contributed by atoms with Crippen molar-refractivity contribution < 1.29 is 5.11 Å². The van der Waals surface area contributed by atoms with Gasteiger partial charge in [-0.05, 0) is 29.8 Å². The summed E-state index contributed by atoms with van der Waals surface area (Å²) in [5, 5.41) is 9.85. The summed E-state index contributed by atoms with van der Waals surface area (Å²) < 4.78 is 0. The van der Waals surface area contributed by atoms with Crippen LogP contribution in [0.5, 0.6) is 5.75 Å². The van der Waals surface area contributed by atoms with Crippen molar-refractivity contribution in [3.05, 3.63) is 53.3 Å². The second-order valence-corrected chi connectivity index (χ2v) is 4.65. The molecule has 0 aliphatic rings. The molecule has 1 heterocycles. The molecule has 16 heavy (non-hydrogen) atoms. The Balaban J connectivity index is 2.05. The van der Waals surface area contributed by atoms with Crippen molar-refractivity contribution in [1.29, 1.82) is 0 Å². The fourth-order valence-electron chi connectivity index (χ4n) is 1.26. The van der Waals surface area contributed by atoms with Crippen molar-refractivity contribution >= 4 is 23.4 Å². The fraction of sp³-hybridized carbons (Fsp3) is 0.0833. The minimum absolute atomic E-state index is 0.280. The third-order valence-corrected chi connectivity index (χ3v) is 3.43. The average molecular weight is 252 g/mol. The lowest BCUT2D eigenvalue weighted by Gasteiger charge is -2.03. The molecule has 0 amide bonds. The van der Waals surface area contributed by atoms with Crippen LogP contribution in [0.1, 0.15) is 5.56 Å². The zero-order valence-electron chi connectivity index (χ0n) is 8.43. The maximum Gasteiger partial charge on any atom is 0.133 e. The third-order valence-electron chi connectivity index (χ3n) is 2.05. The molecule has 1 aromatic carbocycles. The van der Waals surface area contributed by atoms with Gasteiger partial charge in [-0.15, -0.1) is 11.8 Å². The summed E-state index contributed by atoms with van der Waals surface area (Å²) in [4.78, 5) is 5.03. The van der Waals surface area contributed by atoms with E-state index >= 15 is 0 Å². The van der Waals surface area contributed by atoms with Crippen LogP contribution in [0.4, 0.5) is 0 Å². The molecule has 0 saturated heterocycles. The second kappa shape index (κ2) is 5.23. The first-order valence-corrected chi connectivity index (χ1v) is 6.13. The molecule has 1 N–H and O–H groups in total. The topological polar surface area (TPSA) is 33.1 Å². The summed E-state index contributed by atoms with van der Waals surface area (Å²) in [6, 6.07) is 11.0. The Bertz CT molecular complexity index is 490. The van der Waals surface area contributed by atoms with Crippen LogP contribution in [0, 0.1) is 0 Å². The van der Waals surface area contributed by atoms with Crippen LogP contribution >= 0.6 is 23.4 Å². The molecule has 2 rings (SSSR count). The maximum absolute atomic E-state index is 9.31. The van der Waals surface area contributed by atoms with Crippen molar-refractivity contribution in [2.24, 2.45) is 0 Å². The van der Waals surface area contributed by atoms with Gasteiger partial charge >= 0.3 is 0 Å². The number of benzene rings is 1. The highest BCUT2D eigenvalue weighted by Crippen LogP contribution is 2.27. The summed E-state index contributed by atoms with van der Waals surface area (Å²) in [6.45, 7) is 0. The average Bonchev–Trinajstić information content (AvgIpc) is 2.28. The van der Waals surface area contributed by atoms with Gasteiger partial charge in [0.2, 0.25) is 0 Å². The molecule has 0 unspecified atom stereocenters. The molecule has 0 spiro atoms. The Labute approximate surface area is 103 Å². The number of pyridine rings is 1. The van der Waals surface area contributed by atoms with Crippen molar-refractivity contribution in [3.8, 4) is 5.75 Å². The number of nitrogens with zero attached hydrogens (tertiary/aromatic N) is 1. The fourth-order valence-corrected chi connectivity index (χ4v) is 2.46. The maximum atomic E-state index is 9.31. The molecule has 4 heteroatoms. The number of aromatic hydroxyl groups is 1. The van der Waals surface area contributed by atoms with Crippen LogP contribution in [-0.2, 0) is 5.75 Å². The lowest BCUT2D eigenvalue weighted by molar-refractivity contribution is 0.474. The zero-order valence-corrected chi connectivity index (χ0v) is 10.0. The molecular formula is C12H10ClNOS. The first-order chi connectivity index (χ1) is 7.75. The van der Waals surface area contributed by atoms with E-state index in [4.69, 9.17) is 11.6 Å². The highest BCUT2D eigenvalue weighted by Gasteiger charge is 2.01. The highest BCUT2D eigenvalue weighted by molar-refractivity contribution is 7.98. The van der Waals surface area contributed by atoms with E-state index in [1.54, 1.807) is 30.1 Å². The van der Waals surface area contributed by atoms with Crippen LogP contribution in [0.15, 0.2) is 47.5 Å². The molecule has 82 valence electrons. The van der Waals surface area contributed by atoms with Crippen LogP contribution in [0.25, 0.3) is 0 Å². The first-order valence-electron chi connectivity index (χ1n) is 4.77. The molecule has 0 saturated carbocycles. The van der Waals surface area contributed by atoms with Gasteiger partial charge in [0.05, 0.1) is 0 Å². The Morgan fingerprint density at radius 3 is 2.88 bits per heavy atom. The van der Waals surface area contributed by atoms with E-state index in [1.165, 1.54) is 0 Å². The summed E-state index contributed by atoms with van der Waals surface area (Å²) in [5.74, 6) is 1.03. The smallest absolute Gasteiger partial charge is 0.133 e. The number of thioether (sulfide) groups is 1. The molecule has 0 aliphatic heterocycles. The van der Waals surface area contributed by atoms with Gasteiger partial charge in [-0.2, -0.15) is 0 Å². The predicted molar refractivity (Wildman–Crippen MR) is 66.9 cm³/mol. The van der Waals surface area contributed by atoms with Gasteiger partial charge in [-0.25, -0.2) is 4.98 Å². The van der Waals surface area contributed by atoms with Crippen molar-refractivity contribution in [3.63, 3.8) is 0 Å². The van der Waals surface area contributed by atoms with Gasteiger partial charge in [0.25, 0.3) is 0 Å². The van der Waals surface area contributed by atoms with E-state index in [9.17, 15) is 5.11 Å². The van der Waals surface area contributed by atoms with E-state index < -0.39 is 0 Å². The second-order valence-electron chi connectivity index (χ2n) is 3.24. The number of halogens is 1. The molecule has 2 aromatic rings. The minimum atomic E-state index is 0.280. The largest absolute Gasteiger partial charge is 0.508 e. The van der Waals surface area contributed by atoms with E-state index in [2.05, 4.69) is 4.98 Å². The molecule has 1 aromatic heterocycles. The molecule has 0 radical (unpaired) electrons. The van der Waals surface area contributed by atoms with Crippen molar-refractivity contribution in [2.75, 3.05) is 0 Å². The van der Waals surface area contributed by atoms with Crippen LogP contribution in [-0.4, -0.2) is 10.1 Å². The third kappa shape index (κ3) is 2.90. The quantitative estimate of drug-likeness (QED) is 0.667. The molecule has 0 aliphatic carbocycles. The monoisotopic (exact) mass is 251 g/mol. The Morgan fingerprint density at radius 2 is 2.12 bits per heavy atom. The highest BCUT2D eigenvalue weighted by atomic mass is 35.5. The van der Waals surface area contributed by atoms with Crippen molar-refractivity contribution in [1.82, 2.24) is 4.98 Å². The molecular weight excluding hydrogens is 242 g/mol. The molecule has 0 atom stereocenters. The summed E-state index contributed by atoms with van der Waals surface area (Å²) in [5.41, 5.74) is 0.998. The number of hydrogen-bond acceptors (Lipinski definition) is 3. The van der Waals surface area contributed by atoms with Gasteiger partial charge in [-0.1, -0.05) is 23.7 Å². The number of rotatable bonds is 3. The van der Waals surface area contributed by atoms with E-state index in [0.29, 0.717) is 5.15 Å². The van der Waals surface area contributed by atoms with Gasteiger partial charge < -0.3 is 5.11 Å². The predicted octanol–water partition coefficient (Wildman–Crippen LogP) is 3.73. The van der Waals surface area contributed by atoms with E-state index in [0.717, 1.165) is 16.2 Å². The number of hydrogen-bond donors (Lipinski definition) is 1. The van der Waals surface area contributed by atoms with Crippen molar-refractivity contribution in [2.45, 2.75) is 10.6 Å². The molecule has 0 bridgehead atoms. The minimum Gasteiger partial charge on any atom is -0.508 e. The van der Waals surface area contributed by atoms with Crippen LogP contribution in [0.2, 0.25) is 5.15 Å². The first kappa shape index (κ1) is 11.3. The normalized spacial score (nSPS) is 10.3. The number of phenols is 1. The lowest BCUT2D eigenvalue weighted by atomic mass is 10.3. The van der Waals surface area contributed by atoms with Crippen LogP contribution < -0.4 is 0 Å². The zero-order chi connectivity index (χ0) is 11.4. The Kier molecular flexibility index (Phi) is 3.70. The summed E-state index contributed by atoms with van der Waals surface area (Å²) in [6.07, 6.45) is 1.67. The van der Waals surface area contributed by atoms with Gasteiger partial charge in [0, 0.05) is 16.8 Å². The Morgan fingerprint density at radius 1 is 1.25 bits per heavy atom. The van der Waals surface area contributed by atoms with Gasteiger partial charge in [0.15, 0.2) is 0 Å². The van der Waals surface area contributed by atoms with Gasteiger partial charge in [-0.3, -0.25) is 0 Å². The number of phenolic OH excluding ortho intramolecular Hbond substituents is 1. The lowest BCUT2D eigenvalue weighted by Crippen LogP contribution is -1.84. The standard InChI is InChI=1S/C12H10ClNOS/c13-12-9(3-2-6-14-12)8-16-11-5-1-4-10(15)7-11/h1-7,15H,8H2. The summed E-state index contributed by atoms with van der Waals surface area (Å²) in [7, 11) is 0. The van der Waals surface area contributed by atoms with Crippen LogP contribution in [0.3, 0.4) is 0 Å².